The third-order valence-electron chi connectivity index (χ3n) is 2.22. The first kappa shape index (κ1) is 10.7. The van der Waals surface area contributed by atoms with E-state index in [-0.39, 0.29) is 30.4 Å². The molecule has 0 amide bonds. The third-order valence-corrected chi connectivity index (χ3v) is 2.22. The maximum Gasteiger partial charge on any atom is 0.205 e. The number of nitrogens with one attached hydrogen (secondary N) is 1. The highest BCUT2D eigenvalue weighted by atomic mass is 16.3. The Hall–Kier alpha value is -1.42. The number of rotatable bonds is 3. The van der Waals surface area contributed by atoms with Crippen molar-refractivity contribution in [2.75, 3.05) is 13.2 Å². The zero-order valence-electron chi connectivity index (χ0n) is 8.26. The summed E-state index contributed by atoms with van der Waals surface area (Å²) < 4.78 is 0. The average molecular weight is 195 g/mol. The van der Waals surface area contributed by atoms with Crippen molar-refractivity contribution in [3.63, 3.8) is 0 Å². The topological polar surface area (TPSA) is 66.4 Å². The Morgan fingerprint density at radius 1 is 1.29 bits per heavy atom. The number of carbonyl (C=O) groups is 2. The lowest BCUT2D eigenvalue weighted by Crippen LogP contribution is -2.28. The van der Waals surface area contributed by atoms with Crippen LogP contribution in [-0.4, -0.2) is 29.8 Å². The molecule has 14 heavy (non-hydrogen) atoms. The van der Waals surface area contributed by atoms with Crippen LogP contribution in [0.2, 0.25) is 0 Å². The number of aliphatic hydroxyl groups is 1. The van der Waals surface area contributed by atoms with E-state index in [1.165, 1.54) is 6.08 Å². The second kappa shape index (κ2) is 4.19. The minimum atomic E-state index is -0.171. The van der Waals surface area contributed by atoms with Gasteiger partial charge < -0.3 is 10.4 Å². The van der Waals surface area contributed by atoms with Gasteiger partial charge in [0, 0.05) is 23.8 Å². The number of allylic oxidation sites excluding steroid dienone is 3. The van der Waals surface area contributed by atoms with E-state index in [0.717, 1.165) is 0 Å². The number of ketones is 2. The summed E-state index contributed by atoms with van der Waals surface area (Å²) in [4.78, 5) is 22.9. The van der Waals surface area contributed by atoms with Gasteiger partial charge in [-0.25, -0.2) is 0 Å². The van der Waals surface area contributed by atoms with E-state index in [1.807, 2.05) is 0 Å². The molecule has 1 aliphatic carbocycles. The summed E-state index contributed by atoms with van der Waals surface area (Å²) in [6.45, 7) is 3.47. The summed E-state index contributed by atoms with van der Waals surface area (Å²) in [5.41, 5.74) is 1.23. The van der Waals surface area contributed by atoms with Crippen LogP contribution in [0.25, 0.3) is 0 Å². The van der Waals surface area contributed by atoms with E-state index in [2.05, 4.69) is 5.32 Å². The number of hydrogen-bond acceptors (Lipinski definition) is 4. The Bertz CT molecular complexity index is 339. The van der Waals surface area contributed by atoms with Crippen LogP contribution in [-0.2, 0) is 9.59 Å². The molecular formula is C10H13NO3. The van der Waals surface area contributed by atoms with Gasteiger partial charge in [-0.15, -0.1) is 0 Å². The molecule has 0 unspecified atom stereocenters. The molecule has 0 fully saturated rings. The molecule has 4 nitrogen and oxygen atoms in total. The molecule has 0 aliphatic heterocycles. The molecule has 0 saturated heterocycles. The van der Waals surface area contributed by atoms with E-state index >= 15 is 0 Å². The molecule has 1 aliphatic rings. The predicted octanol–water partition coefficient (Wildman–Crippen LogP) is -0.0596. The molecular weight excluding hydrogens is 182 g/mol. The first-order valence-corrected chi connectivity index (χ1v) is 4.41. The van der Waals surface area contributed by atoms with Crippen molar-refractivity contribution in [1.29, 1.82) is 0 Å². The van der Waals surface area contributed by atoms with Crippen LogP contribution in [0.5, 0.6) is 0 Å². The van der Waals surface area contributed by atoms with E-state index in [0.29, 0.717) is 11.1 Å². The van der Waals surface area contributed by atoms with Crippen molar-refractivity contribution in [1.82, 2.24) is 5.32 Å². The largest absolute Gasteiger partial charge is 0.395 e. The second-order valence-electron chi connectivity index (χ2n) is 3.15. The van der Waals surface area contributed by atoms with Gasteiger partial charge in [-0.1, -0.05) is 0 Å². The number of Topliss-reactive ketones (excluding diaryl/α,β-unsaturated/α-hetero) is 1. The van der Waals surface area contributed by atoms with Gasteiger partial charge in [-0.2, -0.15) is 0 Å². The number of carbonyl (C=O) groups excluding carboxylic acids is 2. The predicted molar refractivity (Wildman–Crippen MR) is 51.6 cm³/mol. The Labute approximate surface area is 82.3 Å². The Balaban J connectivity index is 2.86. The number of hydrogen-bond donors (Lipinski definition) is 2. The zero-order valence-corrected chi connectivity index (χ0v) is 8.26. The highest BCUT2D eigenvalue weighted by Gasteiger charge is 2.22. The van der Waals surface area contributed by atoms with Gasteiger partial charge in [0.05, 0.1) is 12.3 Å². The Morgan fingerprint density at radius 2 is 1.93 bits per heavy atom. The minimum absolute atomic E-state index is 0.0689. The second-order valence-corrected chi connectivity index (χ2v) is 3.15. The van der Waals surface area contributed by atoms with Crippen molar-refractivity contribution in [2.24, 2.45) is 0 Å². The van der Waals surface area contributed by atoms with Crippen LogP contribution >= 0.6 is 0 Å². The van der Waals surface area contributed by atoms with Gasteiger partial charge in [0.2, 0.25) is 5.78 Å². The smallest absolute Gasteiger partial charge is 0.205 e. The van der Waals surface area contributed by atoms with Crippen molar-refractivity contribution >= 4 is 11.6 Å². The molecule has 0 aromatic heterocycles. The summed E-state index contributed by atoms with van der Waals surface area (Å²) in [5.74, 6) is -0.321. The summed E-state index contributed by atoms with van der Waals surface area (Å²) in [6.07, 6.45) is 1.28. The molecule has 1 rings (SSSR count). The first-order valence-electron chi connectivity index (χ1n) is 4.41. The van der Waals surface area contributed by atoms with Gasteiger partial charge in [0.1, 0.15) is 0 Å². The SMILES string of the molecule is CC1=C(C)C(=O)C(NCCO)=CC1=O. The van der Waals surface area contributed by atoms with Crippen LogP contribution in [0.1, 0.15) is 13.8 Å². The molecule has 0 spiro atoms. The summed E-state index contributed by atoms with van der Waals surface area (Å²) in [6, 6.07) is 0. The highest BCUT2D eigenvalue weighted by Crippen LogP contribution is 2.16. The van der Waals surface area contributed by atoms with E-state index in [9.17, 15) is 9.59 Å². The lowest BCUT2D eigenvalue weighted by atomic mass is 9.95. The fourth-order valence-electron chi connectivity index (χ4n) is 1.18. The maximum absolute atomic E-state index is 11.6. The zero-order chi connectivity index (χ0) is 10.7. The molecule has 0 heterocycles. The van der Waals surface area contributed by atoms with E-state index in [4.69, 9.17) is 5.11 Å². The van der Waals surface area contributed by atoms with Crippen molar-refractivity contribution in [3.8, 4) is 0 Å². The molecule has 0 aromatic carbocycles. The van der Waals surface area contributed by atoms with Crippen molar-refractivity contribution in [2.45, 2.75) is 13.8 Å². The van der Waals surface area contributed by atoms with Crippen LogP contribution in [0.15, 0.2) is 22.9 Å². The fraction of sp³-hybridized carbons (Fsp3) is 0.400. The monoisotopic (exact) mass is 195 g/mol. The highest BCUT2D eigenvalue weighted by molar-refractivity contribution is 6.21. The fourth-order valence-corrected chi connectivity index (χ4v) is 1.18. The van der Waals surface area contributed by atoms with Gasteiger partial charge in [0.15, 0.2) is 5.78 Å². The van der Waals surface area contributed by atoms with Crippen LogP contribution in [0, 0.1) is 0 Å². The molecule has 0 saturated carbocycles. The molecule has 2 N–H and O–H groups in total. The summed E-state index contributed by atoms with van der Waals surface area (Å²) in [7, 11) is 0. The van der Waals surface area contributed by atoms with Crippen LogP contribution < -0.4 is 5.32 Å². The maximum atomic E-state index is 11.6. The summed E-state index contributed by atoms with van der Waals surface area (Å²) in [5, 5.41) is 11.3. The molecule has 4 heteroatoms. The Kier molecular flexibility index (Phi) is 3.19. The Morgan fingerprint density at radius 3 is 2.50 bits per heavy atom. The standard InChI is InChI=1S/C10H13NO3/c1-6-7(2)10(14)8(5-9(6)13)11-3-4-12/h5,11-12H,3-4H2,1-2H3. The van der Waals surface area contributed by atoms with Crippen molar-refractivity contribution in [3.05, 3.63) is 22.9 Å². The quantitative estimate of drug-likeness (QED) is 0.619. The van der Waals surface area contributed by atoms with E-state index in [1.54, 1.807) is 13.8 Å². The molecule has 76 valence electrons. The molecule has 0 atom stereocenters. The molecule has 0 bridgehead atoms. The van der Waals surface area contributed by atoms with E-state index < -0.39 is 0 Å². The first-order chi connectivity index (χ1) is 6.57. The lowest BCUT2D eigenvalue weighted by molar-refractivity contribution is -0.116. The van der Waals surface area contributed by atoms with Gasteiger partial charge in [-0.05, 0) is 13.8 Å². The van der Waals surface area contributed by atoms with Crippen molar-refractivity contribution < 1.29 is 14.7 Å². The van der Waals surface area contributed by atoms with Gasteiger partial charge in [-0.3, -0.25) is 9.59 Å². The number of aliphatic hydroxyl groups excluding tert-OH is 1. The lowest BCUT2D eigenvalue weighted by Gasteiger charge is -2.15. The van der Waals surface area contributed by atoms with Crippen LogP contribution in [0.3, 0.4) is 0 Å². The molecule has 0 radical (unpaired) electrons. The average Bonchev–Trinajstić information content (AvgIpc) is 2.18. The normalized spacial score (nSPS) is 17.2. The third kappa shape index (κ3) is 1.90. The molecule has 0 aromatic rings. The minimum Gasteiger partial charge on any atom is -0.395 e. The van der Waals surface area contributed by atoms with Gasteiger partial charge >= 0.3 is 0 Å². The van der Waals surface area contributed by atoms with Crippen LogP contribution in [0.4, 0.5) is 0 Å². The van der Waals surface area contributed by atoms with Gasteiger partial charge in [0.25, 0.3) is 0 Å². The summed E-state index contributed by atoms with van der Waals surface area (Å²) >= 11 is 0.